The van der Waals surface area contributed by atoms with Gasteiger partial charge in [0.1, 0.15) is 18.1 Å². The Kier molecular flexibility index (Phi) is 7.20. The number of hydrogen-bond donors (Lipinski definition) is 1. The van der Waals surface area contributed by atoms with Gasteiger partial charge < -0.3 is 29.1 Å². The molecule has 4 heterocycles. The third-order valence-corrected chi connectivity index (χ3v) is 8.64. The molecule has 39 heavy (non-hydrogen) atoms. The minimum atomic E-state index is -0.693. The molecule has 8 nitrogen and oxygen atoms in total. The monoisotopic (exact) mass is 535 g/mol. The number of carbonyl (C=O) groups excluding carboxylic acids is 1. The summed E-state index contributed by atoms with van der Waals surface area (Å²) in [6.07, 6.45) is 4.21. The third-order valence-electron chi connectivity index (χ3n) is 8.64. The summed E-state index contributed by atoms with van der Waals surface area (Å²) in [5.41, 5.74) is 3.01. The summed E-state index contributed by atoms with van der Waals surface area (Å²) in [4.78, 5) is 20.2. The summed E-state index contributed by atoms with van der Waals surface area (Å²) < 4.78 is 17.5. The molecule has 0 saturated carbocycles. The molecule has 3 saturated heterocycles. The fourth-order valence-electron chi connectivity index (χ4n) is 6.86. The summed E-state index contributed by atoms with van der Waals surface area (Å²) in [5, 5.41) is 10.3. The van der Waals surface area contributed by atoms with E-state index in [0.29, 0.717) is 31.7 Å². The zero-order valence-electron chi connectivity index (χ0n) is 23.4. The van der Waals surface area contributed by atoms with Gasteiger partial charge in [-0.1, -0.05) is 0 Å². The van der Waals surface area contributed by atoms with E-state index in [1.807, 2.05) is 43.0 Å². The van der Waals surface area contributed by atoms with Crippen LogP contribution >= 0.6 is 0 Å². The molecule has 3 fully saturated rings. The normalized spacial score (nSPS) is 25.2. The minimum Gasteiger partial charge on any atom is -0.495 e. The zero-order chi connectivity index (χ0) is 27.1. The van der Waals surface area contributed by atoms with Crippen LogP contribution in [0.4, 0.5) is 11.4 Å². The standard InChI is InChI=1S/C31H41N3O5/c1-31(2,36)20-32-17-22-11-13-34(28(22)18-32)27-9-6-23(16-29(27)37-3)33-12-10-21-15-24(7-8-26(21)30(33)35)39-19-25-5-4-14-38-25/h6-9,15-16,22,25,28,36H,4-5,10-14,17-20H2,1-3H3/t22?,25-,28?/m0/s1. The number of carbonyl (C=O) groups is 1. The van der Waals surface area contributed by atoms with Crippen LogP contribution in [-0.2, 0) is 11.2 Å². The molecule has 1 N–H and O–H groups in total. The van der Waals surface area contributed by atoms with E-state index in [2.05, 4.69) is 21.9 Å². The summed E-state index contributed by atoms with van der Waals surface area (Å²) >= 11 is 0. The summed E-state index contributed by atoms with van der Waals surface area (Å²) in [6.45, 7) is 9.38. The van der Waals surface area contributed by atoms with E-state index >= 15 is 0 Å². The SMILES string of the molecule is COc1cc(N2CCc3cc(OC[C@@H]4CCCO4)ccc3C2=O)ccc1N1CCC2CN(CC(C)(C)O)CC21. The molecule has 0 aromatic heterocycles. The maximum atomic E-state index is 13.5. The number of fused-ring (bicyclic) bond motifs is 2. The Morgan fingerprint density at radius 1 is 1.10 bits per heavy atom. The van der Waals surface area contributed by atoms with Crippen molar-refractivity contribution in [1.29, 1.82) is 0 Å². The molecule has 0 spiro atoms. The van der Waals surface area contributed by atoms with E-state index < -0.39 is 5.60 Å². The number of ether oxygens (including phenoxy) is 3. The number of benzene rings is 2. The van der Waals surface area contributed by atoms with E-state index in [4.69, 9.17) is 14.2 Å². The van der Waals surface area contributed by atoms with Crippen molar-refractivity contribution in [1.82, 2.24) is 4.90 Å². The van der Waals surface area contributed by atoms with Gasteiger partial charge in [-0.2, -0.15) is 0 Å². The molecule has 1 amide bonds. The maximum Gasteiger partial charge on any atom is 0.258 e. The van der Waals surface area contributed by atoms with Crippen LogP contribution in [0, 0.1) is 5.92 Å². The average molecular weight is 536 g/mol. The molecule has 0 bridgehead atoms. The molecule has 210 valence electrons. The predicted molar refractivity (Wildman–Crippen MR) is 151 cm³/mol. The first kappa shape index (κ1) is 26.4. The topological polar surface area (TPSA) is 74.7 Å². The van der Waals surface area contributed by atoms with E-state index in [1.165, 1.54) is 0 Å². The van der Waals surface area contributed by atoms with Crippen LogP contribution < -0.4 is 19.3 Å². The second-order valence-corrected chi connectivity index (χ2v) is 12.1. The molecule has 2 aromatic rings. The smallest absolute Gasteiger partial charge is 0.258 e. The lowest BCUT2D eigenvalue weighted by Gasteiger charge is -2.32. The number of aliphatic hydroxyl groups is 1. The highest BCUT2D eigenvalue weighted by atomic mass is 16.5. The average Bonchev–Trinajstić information content (AvgIpc) is 3.65. The number of nitrogens with zero attached hydrogens (tertiary/aromatic N) is 3. The second-order valence-electron chi connectivity index (χ2n) is 12.1. The Bertz CT molecular complexity index is 1210. The molecule has 6 rings (SSSR count). The lowest BCUT2D eigenvalue weighted by Crippen LogP contribution is -2.40. The van der Waals surface area contributed by atoms with Crippen molar-refractivity contribution in [3.8, 4) is 11.5 Å². The summed E-state index contributed by atoms with van der Waals surface area (Å²) in [7, 11) is 1.71. The molecule has 0 radical (unpaired) electrons. The molecule has 2 unspecified atom stereocenters. The van der Waals surface area contributed by atoms with Crippen molar-refractivity contribution in [3.63, 3.8) is 0 Å². The highest BCUT2D eigenvalue weighted by Gasteiger charge is 2.43. The molecular weight excluding hydrogens is 494 g/mol. The highest BCUT2D eigenvalue weighted by Crippen LogP contribution is 2.41. The number of amides is 1. The summed E-state index contributed by atoms with van der Waals surface area (Å²) in [6, 6.07) is 12.4. The number of β-amino-alcohol motifs (C(OH)–C–C–N with tert-alkyl or cyclic N) is 1. The van der Waals surface area contributed by atoms with Crippen LogP contribution in [-0.4, -0.2) is 86.7 Å². The lowest BCUT2D eigenvalue weighted by atomic mass is 9.98. The van der Waals surface area contributed by atoms with E-state index in [1.54, 1.807) is 7.11 Å². The van der Waals surface area contributed by atoms with Gasteiger partial charge >= 0.3 is 0 Å². The molecule has 2 aromatic carbocycles. The first-order chi connectivity index (χ1) is 18.8. The number of hydrogen-bond acceptors (Lipinski definition) is 7. The Balaban J connectivity index is 1.15. The van der Waals surface area contributed by atoms with Crippen molar-refractivity contribution in [2.75, 3.05) is 62.8 Å². The van der Waals surface area contributed by atoms with Gasteiger partial charge in [-0.25, -0.2) is 0 Å². The minimum absolute atomic E-state index is 0.0102. The van der Waals surface area contributed by atoms with Crippen LogP contribution in [0.2, 0.25) is 0 Å². The molecular formula is C31H41N3O5. The van der Waals surface area contributed by atoms with E-state index in [0.717, 1.165) is 85.9 Å². The maximum absolute atomic E-state index is 13.5. The van der Waals surface area contributed by atoms with Crippen molar-refractivity contribution in [2.45, 2.75) is 57.3 Å². The second kappa shape index (κ2) is 10.6. The molecule has 4 aliphatic heterocycles. The number of anilines is 2. The van der Waals surface area contributed by atoms with Crippen molar-refractivity contribution in [2.24, 2.45) is 5.92 Å². The van der Waals surface area contributed by atoms with Gasteiger partial charge in [0.05, 0.1) is 24.5 Å². The van der Waals surface area contributed by atoms with Gasteiger partial charge in [-0.3, -0.25) is 9.69 Å². The zero-order valence-corrected chi connectivity index (χ0v) is 23.4. The van der Waals surface area contributed by atoms with Crippen molar-refractivity contribution in [3.05, 3.63) is 47.5 Å². The summed E-state index contributed by atoms with van der Waals surface area (Å²) in [5.74, 6) is 2.20. The molecule has 4 aliphatic rings. The number of methoxy groups -OCH3 is 1. The first-order valence-corrected chi connectivity index (χ1v) is 14.4. The molecule has 3 atom stereocenters. The van der Waals surface area contributed by atoms with Gasteiger partial charge in [0.2, 0.25) is 0 Å². The quantitative estimate of drug-likeness (QED) is 0.552. The van der Waals surface area contributed by atoms with Crippen molar-refractivity contribution < 1.29 is 24.1 Å². The Labute approximate surface area is 231 Å². The number of likely N-dealkylation sites (tertiary alicyclic amines) is 1. The van der Waals surface area contributed by atoms with Gasteiger partial charge in [0.25, 0.3) is 5.91 Å². The van der Waals surface area contributed by atoms with Gasteiger partial charge in [0.15, 0.2) is 0 Å². The van der Waals surface area contributed by atoms with Crippen LogP contribution in [0.3, 0.4) is 0 Å². The van der Waals surface area contributed by atoms with E-state index in [9.17, 15) is 9.90 Å². The van der Waals surface area contributed by atoms with Crippen LogP contribution in [0.1, 0.15) is 49.0 Å². The Hall–Kier alpha value is -2.81. The lowest BCUT2D eigenvalue weighted by molar-refractivity contribution is 0.0422. The van der Waals surface area contributed by atoms with E-state index in [-0.39, 0.29) is 12.0 Å². The van der Waals surface area contributed by atoms with Crippen LogP contribution in [0.5, 0.6) is 11.5 Å². The fraction of sp³-hybridized carbons (Fsp3) is 0.581. The molecule has 8 heteroatoms. The Morgan fingerprint density at radius 3 is 2.74 bits per heavy atom. The van der Waals surface area contributed by atoms with Crippen LogP contribution in [0.25, 0.3) is 0 Å². The largest absolute Gasteiger partial charge is 0.495 e. The third kappa shape index (κ3) is 5.47. The van der Waals surface area contributed by atoms with Crippen molar-refractivity contribution >= 4 is 17.3 Å². The molecule has 0 aliphatic carbocycles. The van der Waals surface area contributed by atoms with Gasteiger partial charge in [-0.05, 0) is 81.3 Å². The highest BCUT2D eigenvalue weighted by molar-refractivity contribution is 6.08. The predicted octanol–water partition coefficient (Wildman–Crippen LogP) is 3.74. The Morgan fingerprint density at radius 2 is 1.97 bits per heavy atom. The van der Waals surface area contributed by atoms with Gasteiger partial charge in [0, 0.05) is 62.7 Å². The first-order valence-electron chi connectivity index (χ1n) is 14.4. The van der Waals surface area contributed by atoms with Gasteiger partial charge in [-0.15, -0.1) is 0 Å². The van der Waals surface area contributed by atoms with Crippen LogP contribution in [0.15, 0.2) is 36.4 Å². The number of rotatable bonds is 8. The fourth-order valence-corrected chi connectivity index (χ4v) is 6.86.